The topological polar surface area (TPSA) is 9.23 Å². The van der Waals surface area contributed by atoms with E-state index in [9.17, 15) is 0 Å². The summed E-state index contributed by atoms with van der Waals surface area (Å²) in [5.41, 5.74) is 3.19. The molecule has 1 rings (SSSR count). The van der Waals surface area contributed by atoms with Crippen molar-refractivity contribution in [1.82, 2.24) is 0 Å². The van der Waals surface area contributed by atoms with Gasteiger partial charge in [0, 0.05) is 0 Å². The van der Waals surface area contributed by atoms with Gasteiger partial charge in [-0.2, -0.15) is 0 Å². The van der Waals surface area contributed by atoms with Crippen LogP contribution in [-0.4, -0.2) is 12.2 Å². The largest absolute Gasteiger partial charge is 0.371 e. The van der Waals surface area contributed by atoms with Gasteiger partial charge in [0.05, 0.1) is 12.2 Å². The van der Waals surface area contributed by atoms with E-state index < -0.39 is 0 Å². The maximum atomic E-state index is 5.86. The third kappa shape index (κ3) is 2.60. The molecule has 1 aliphatic rings. The molecule has 0 amide bonds. The molecular weight excluding hydrogens is 172 g/mol. The monoisotopic (exact) mass is 196 g/mol. The molecule has 0 atom stereocenters. The van der Waals surface area contributed by atoms with Gasteiger partial charge in [0.15, 0.2) is 0 Å². The standard InChI is InChI=1S/C13H24O/c1-9(2)11-7-13(5,6)14-8-12(11)10(3)4/h9-10H,7-8H2,1-6H3. The van der Waals surface area contributed by atoms with Gasteiger partial charge >= 0.3 is 0 Å². The van der Waals surface area contributed by atoms with Gasteiger partial charge in [0.1, 0.15) is 0 Å². The second kappa shape index (κ2) is 4.06. The van der Waals surface area contributed by atoms with Gasteiger partial charge in [-0.1, -0.05) is 33.3 Å². The first-order valence-electron chi connectivity index (χ1n) is 5.69. The molecule has 0 spiro atoms. The smallest absolute Gasteiger partial charge is 0.0689 e. The molecule has 1 nitrogen and oxygen atoms in total. The van der Waals surface area contributed by atoms with Crippen molar-refractivity contribution in [2.24, 2.45) is 11.8 Å². The van der Waals surface area contributed by atoms with Crippen LogP contribution >= 0.6 is 0 Å². The minimum atomic E-state index is 0.0397. The Hall–Kier alpha value is -0.300. The minimum absolute atomic E-state index is 0.0397. The highest BCUT2D eigenvalue weighted by atomic mass is 16.5. The molecule has 0 fully saturated rings. The molecule has 0 aliphatic carbocycles. The third-order valence-corrected chi connectivity index (χ3v) is 3.04. The summed E-state index contributed by atoms with van der Waals surface area (Å²) >= 11 is 0. The van der Waals surface area contributed by atoms with Crippen molar-refractivity contribution in [1.29, 1.82) is 0 Å². The van der Waals surface area contributed by atoms with Crippen LogP contribution in [0.3, 0.4) is 0 Å². The number of hydrogen-bond acceptors (Lipinski definition) is 1. The second-order valence-electron chi connectivity index (χ2n) is 5.59. The van der Waals surface area contributed by atoms with Crippen molar-refractivity contribution in [3.8, 4) is 0 Å². The van der Waals surface area contributed by atoms with Crippen LogP contribution in [0.5, 0.6) is 0 Å². The van der Waals surface area contributed by atoms with E-state index in [1.54, 1.807) is 5.57 Å². The fourth-order valence-corrected chi connectivity index (χ4v) is 2.10. The summed E-state index contributed by atoms with van der Waals surface area (Å²) in [5.74, 6) is 1.29. The molecule has 0 unspecified atom stereocenters. The molecule has 0 N–H and O–H groups in total. The Balaban J connectivity index is 2.96. The van der Waals surface area contributed by atoms with E-state index in [2.05, 4.69) is 41.5 Å². The molecule has 0 aromatic heterocycles. The van der Waals surface area contributed by atoms with E-state index in [1.807, 2.05) is 0 Å². The molecule has 82 valence electrons. The predicted molar refractivity (Wildman–Crippen MR) is 61.4 cm³/mol. The molecular formula is C13H24O. The lowest BCUT2D eigenvalue weighted by atomic mass is 9.82. The Morgan fingerprint density at radius 1 is 1.00 bits per heavy atom. The molecule has 0 bridgehead atoms. The predicted octanol–water partition coefficient (Wildman–Crippen LogP) is 3.79. The minimum Gasteiger partial charge on any atom is -0.371 e. The van der Waals surface area contributed by atoms with Gasteiger partial charge in [-0.25, -0.2) is 0 Å². The van der Waals surface area contributed by atoms with Crippen LogP contribution in [0.15, 0.2) is 11.1 Å². The average molecular weight is 196 g/mol. The first-order chi connectivity index (χ1) is 6.33. The SMILES string of the molecule is CC(C)C1=C(C(C)C)CC(C)(C)OC1. The third-order valence-electron chi connectivity index (χ3n) is 3.04. The fraction of sp³-hybridized carbons (Fsp3) is 0.846. The zero-order valence-corrected chi connectivity index (χ0v) is 10.5. The molecule has 0 saturated carbocycles. The number of rotatable bonds is 2. The summed E-state index contributed by atoms with van der Waals surface area (Å²) in [6.07, 6.45) is 1.10. The van der Waals surface area contributed by atoms with Crippen LogP contribution in [0, 0.1) is 11.8 Å². The fourth-order valence-electron chi connectivity index (χ4n) is 2.10. The number of ether oxygens (including phenoxy) is 1. The van der Waals surface area contributed by atoms with E-state index in [0.717, 1.165) is 13.0 Å². The highest BCUT2D eigenvalue weighted by Gasteiger charge is 2.29. The molecule has 1 heterocycles. The molecule has 0 aromatic rings. The quantitative estimate of drug-likeness (QED) is 0.610. The molecule has 14 heavy (non-hydrogen) atoms. The Morgan fingerprint density at radius 2 is 1.50 bits per heavy atom. The van der Waals surface area contributed by atoms with Crippen LogP contribution in [0.4, 0.5) is 0 Å². The van der Waals surface area contributed by atoms with E-state index in [0.29, 0.717) is 11.8 Å². The molecule has 0 aromatic carbocycles. The Kier molecular flexibility index (Phi) is 3.41. The Bertz CT molecular complexity index is 234. The van der Waals surface area contributed by atoms with E-state index in [-0.39, 0.29) is 5.60 Å². The zero-order valence-electron chi connectivity index (χ0n) is 10.5. The highest BCUT2D eigenvalue weighted by Crippen LogP contribution is 2.35. The zero-order chi connectivity index (χ0) is 10.9. The normalized spacial score (nSPS) is 22.3. The van der Waals surface area contributed by atoms with Crippen LogP contribution < -0.4 is 0 Å². The molecule has 0 radical (unpaired) electrons. The van der Waals surface area contributed by atoms with E-state index in [4.69, 9.17) is 4.74 Å². The van der Waals surface area contributed by atoms with Gasteiger partial charge in [0.2, 0.25) is 0 Å². The van der Waals surface area contributed by atoms with Crippen LogP contribution in [0.1, 0.15) is 48.0 Å². The van der Waals surface area contributed by atoms with Crippen LogP contribution in [-0.2, 0) is 4.74 Å². The maximum Gasteiger partial charge on any atom is 0.0689 e. The van der Waals surface area contributed by atoms with Crippen LogP contribution in [0.25, 0.3) is 0 Å². The summed E-state index contributed by atoms with van der Waals surface area (Å²) in [5, 5.41) is 0. The summed E-state index contributed by atoms with van der Waals surface area (Å²) < 4.78 is 5.86. The van der Waals surface area contributed by atoms with Crippen molar-refractivity contribution >= 4 is 0 Å². The van der Waals surface area contributed by atoms with Crippen molar-refractivity contribution in [3.63, 3.8) is 0 Å². The van der Waals surface area contributed by atoms with Gasteiger partial charge < -0.3 is 4.74 Å². The van der Waals surface area contributed by atoms with E-state index in [1.165, 1.54) is 5.57 Å². The van der Waals surface area contributed by atoms with Crippen molar-refractivity contribution in [2.75, 3.05) is 6.61 Å². The van der Waals surface area contributed by atoms with Crippen LogP contribution in [0.2, 0.25) is 0 Å². The first kappa shape index (κ1) is 11.8. The molecule has 1 heteroatoms. The summed E-state index contributed by atoms with van der Waals surface area (Å²) in [4.78, 5) is 0. The summed E-state index contributed by atoms with van der Waals surface area (Å²) in [6, 6.07) is 0. The average Bonchev–Trinajstić information content (AvgIpc) is 2.01. The lowest BCUT2D eigenvalue weighted by Crippen LogP contribution is -2.33. The van der Waals surface area contributed by atoms with Crippen molar-refractivity contribution in [3.05, 3.63) is 11.1 Å². The van der Waals surface area contributed by atoms with Crippen molar-refractivity contribution < 1.29 is 4.74 Å². The summed E-state index contributed by atoms with van der Waals surface area (Å²) in [7, 11) is 0. The Morgan fingerprint density at radius 3 is 1.93 bits per heavy atom. The maximum absolute atomic E-state index is 5.86. The number of hydrogen-bond donors (Lipinski definition) is 0. The van der Waals surface area contributed by atoms with Gasteiger partial charge in [0.25, 0.3) is 0 Å². The van der Waals surface area contributed by atoms with Gasteiger partial charge in [-0.3, -0.25) is 0 Å². The van der Waals surface area contributed by atoms with Gasteiger partial charge in [-0.15, -0.1) is 0 Å². The lowest BCUT2D eigenvalue weighted by Gasteiger charge is -2.36. The Labute approximate surface area is 88.5 Å². The molecule has 1 aliphatic heterocycles. The highest BCUT2D eigenvalue weighted by molar-refractivity contribution is 5.23. The van der Waals surface area contributed by atoms with Crippen molar-refractivity contribution in [2.45, 2.75) is 53.6 Å². The second-order valence-corrected chi connectivity index (χ2v) is 5.59. The van der Waals surface area contributed by atoms with Gasteiger partial charge in [-0.05, 0) is 37.7 Å². The summed E-state index contributed by atoms with van der Waals surface area (Å²) in [6.45, 7) is 14.3. The first-order valence-corrected chi connectivity index (χ1v) is 5.69. The van der Waals surface area contributed by atoms with E-state index >= 15 is 0 Å². The lowest BCUT2D eigenvalue weighted by molar-refractivity contribution is -0.0198. The molecule has 0 saturated heterocycles.